The number of aliphatic hydroxyl groups excluding tert-OH is 2. The van der Waals surface area contributed by atoms with E-state index in [0.717, 1.165) is 11.1 Å². The fourth-order valence-electron chi connectivity index (χ4n) is 2.79. The van der Waals surface area contributed by atoms with Crippen molar-refractivity contribution in [2.75, 3.05) is 27.4 Å². The minimum Gasteiger partial charge on any atom is -0.388 e. The molecule has 4 atom stereocenters. The van der Waals surface area contributed by atoms with Crippen molar-refractivity contribution in [3.05, 3.63) is 71.8 Å². The van der Waals surface area contributed by atoms with Gasteiger partial charge < -0.3 is 29.2 Å². The van der Waals surface area contributed by atoms with Gasteiger partial charge in [0.25, 0.3) is 0 Å². The van der Waals surface area contributed by atoms with Crippen LogP contribution in [0.1, 0.15) is 11.1 Å². The number of rotatable bonds is 13. The van der Waals surface area contributed by atoms with Crippen molar-refractivity contribution >= 4 is 0 Å². The summed E-state index contributed by atoms with van der Waals surface area (Å²) in [5, 5.41) is 21.0. The minimum atomic E-state index is -1.17. The molecular weight excluding hydrogens is 360 g/mol. The van der Waals surface area contributed by atoms with Crippen LogP contribution in [0.25, 0.3) is 0 Å². The Morgan fingerprint density at radius 3 is 1.32 bits per heavy atom. The van der Waals surface area contributed by atoms with Crippen LogP contribution >= 0.6 is 0 Å². The highest BCUT2D eigenvalue weighted by Crippen LogP contribution is 2.13. The summed E-state index contributed by atoms with van der Waals surface area (Å²) >= 11 is 0. The van der Waals surface area contributed by atoms with Gasteiger partial charge in [-0.3, -0.25) is 0 Å². The van der Waals surface area contributed by atoms with Crippen molar-refractivity contribution in [1.82, 2.24) is 0 Å². The summed E-state index contributed by atoms with van der Waals surface area (Å²) in [5.74, 6) is 0. The third-order valence-electron chi connectivity index (χ3n) is 4.50. The first-order valence-electron chi connectivity index (χ1n) is 9.30. The summed E-state index contributed by atoms with van der Waals surface area (Å²) in [4.78, 5) is 0. The van der Waals surface area contributed by atoms with Crippen LogP contribution in [0, 0.1) is 0 Å². The number of benzene rings is 2. The molecule has 0 aliphatic heterocycles. The summed E-state index contributed by atoms with van der Waals surface area (Å²) in [7, 11) is 2.94. The zero-order valence-corrected chi connectivity index (χ0v) is 16.4. The Morgan fingerprint density at radius 2 is 1.00 bits per heavy atom. The van der Waals surface area contributed by atoms with E-state index in [1.165, 1.54) is 14.2 Å². The maximum absolute atomic E-state index is 10.5. The van der Waals surface area contributed by atoms with Crippen molar-refractivity contribution in [2.45, 2.75) is 37.6 Å². The molecule has 0 saturated carbocycles. The largest absolute Gasteiger partial charge is 0.388 e. The molecule has 0 bridgehead atoms. The van der Waals surface area contributed by atoms with Gasteiger partial charge in [0.15, 0.2) is 0 Å². The van der Waals surface area contributed by atoms with Crippen LogP contribution in [0.3, 0.4) is 0 Å². The molecular formula is C22H30O6. The Kier molecular flexibility index (Phi) is 10.1. The first kappa shape index (κ1) is 22.5. The van der Waals surface area contributed by atoms with Gasteiger partial charge in [-0.25, -0.2) is 0 Å². The van der Waals surface area contributed by atoms with E-state index >= 15 is 0 Å². The van der Waals surface area contributed by atoms with Gasteiger partial charge in [-0.05, 0) is 11.1 Å². The van der Waals surface area contributed by atoms with E-state index in [0.29, 0.717) is 13.2 Å². The van der Waals surface area contributed by atoms with E-state index in [9.17, 15) is 10.2 Å². The van der Waals surface area contributed by atoms with Gasteiger partial charge >= 0.3 is 0 Å². The molecule has 154 valence electrons. The van der Waals surface area contributed by atoms with E-state index in [1.54, 1.807) is 0 Å². The lowest BCUT2D eigenvalue weighted by atomic mass is 10.0. The molecule has 0 spiro atoms. The molecule has 0 aliphatic carbocycles. The van der Waals surface area contributed by atoms with E-state index in [1.807, 2.05) is 60.7 Å². The highest BCUT2D eigenvalue weighted by atomic mass is 16.5. The summed E-state index contributed by atoms with van der Waals surface area (Å²) in [5.41, 5.74) is 2.05. The molecule has 2 aromatic carbocycles. The van der Waals surface area contributed by atoms with Crippen LogP contribution < -0.4 is 0 Å². The highest BCUT2D eigenvalue weighted by molar-refractivity contribution is 5.14. The Balaban J connectivity index is 1.79. The van der Waals surface area contributed by atoms with Gasteiger partial charge in [0.05, 0.1) is 26.4 Å². The van der Waals surface area contributed by atoms with Gasteiger partial charge in [0.2, 0.25) is 0 Å². The lowest BCUT2D eigenvalue weighted by molar-refractivity contribution is -0.151. The van der Waals surface area contributed by atoms with Crippen molar-refractivity contribution in [1.29, 1.82) is 0 Å². The quantitative estimate of drug-likeness (QED) is 0.546. The maximum atomic E-state index is 10.5. The predicted octanol–water partition coefficient (Wildman–Crippen LogP) is 2.17. The molecule has 2 rings (SSSR count). The number of hydrogen-bond acceptors (Lipinski definition) is 6. The Bertz CT molecular complexity index is 578. The smallest absolute Gasteiger partial charge is 0.111 e. The van der Waals surface area contributed by atoms with Crippen LogP contribution in [0.4, 0.5) is 0 Å². The standard InChI is InChI=1S/C22H30O6/c1-25-19(15-27-13-17-9-5-3-6-10-17)21(23)22(24)20(26-2)16-28-14-18-11-7-4-8-12-18/h3-12,19-24H,13-16H2,1-2H3/t19-,20-,21-,22-/m1/s1. The monoisotopic (exact) mass is 390 g/mol. The number of methoxy groups -OCH3 is 2. The van der Waals surface area contributed by atoms with Gasteiger partial charge in [-0.2, -0.15) is 0 Å². The zero-order valence-electron chi connectivity index (χ0n) is 16.4. The van der Waals surface area contributed by atoms with E-state index in [2.05, 4.69) is 0 Å². The summed E-state index contributed by atoms with van der Waals surface area (Å²) in [6.45, 7) is 1.09. The van der Waals surface area contributed by atoms with Crippen LogP contribution in [-0.2, 0) is 32.2 Å². The van der Waals surface area contributed by atoms with E-state index < -0.39 is 24.4 Å². The molecule has 0 saturated heterocycles. The number of aliphatic hydroxyl groups is 2. The average molecular weight is 390 g/mol. The average Bonchev–Trinajstić information content (AvgIpc) is 2.75. The van der Waals surface area contributed by atoms with Crippen LogP contribution in [0.2, 0.25) is 0 Å². The fourth-order valence-corrected chi connectivity index (χ4v) is 2.79. The summed E-state index contributed by atoms with van der Waals surface area (Å²) in [6.07, 6.45) is -3.73. The second-order valence-corrected chi connectivity index (χ2v) is 6.53. The summed E-state index contributed by atoms with van der Waals surface area (Å²) in [6, 6.07) is 19.4. The third-order valence-corrected chi connectivity index (χ3v) is 4.50. The molecule has 28 heavy (non-hydrogen) atoms. The first-order valence-corrected chi connectivity index (χ1v) is 9.30. The van der Waals surface area contributed by atoms with E-state index in [4.69, 9.17) is 18.9 Å². The van der Waals surface area contributed by atoms with Crippen molar-refractivity contribution in [2.24, 2.45) is 0 Å². The molecule has 0 aliphatic rings. The normalized spacial score (nSPS) is 15.7. The molecule has 0 radical (unpaired) electrons. The van der Waals surface area contributed by atoms with Crippen LogP contribution in [0.5, 0.6) is 0 Å². The Morgan fingerprint density at radius 1 is 0.643 bits per heavy atom. The molecule has 0 amide bonds. The lowest BCUT2D eigenvalue weighted by Crippen LogP contribution is -2.49. The minimum absolute atomic E-state index is 0.144. The zero-order chi connectivity index (χ0) is 20.2. The second kappa shape index (κ2) is 12.6. The number of hydrogen-bond donors (Lipinski definition) is 2. The number of ether oxygens (including phenoxy) is 4. The SMILES string of the molecule is CO[C@H](COCc1ccccc1)[C@@H](O)[C@H](O)[C@@H](COCc1ccccc1)OC. The van der Waals surface area contributed by atoms with Gasteiger partial charge in [0.1, 0.15) is 24.4 Å². The fraction of sp³-hybridized carbons (Fsp3) is 0.455. The van der Waals surface area contributed by atoms with Crippen LogP contribution in [0.15, 0.2) is 60.7 Å². The third kappa shape index (κ3) is 7.31. The molecule has 6 nitrogen and oxygen atoms in total. The molecule has 0 aromatic heterocycles. The molecule has 0 fully saturated rings. The topological polar surface area (TPSA) is 77.4 Å². The Labute approximate surface area is 166 Å². The molecule has 2 N–H and O–H groups in total. The molecule has 2 aromatic rings. The molecule has 0 unspecified atom stereocenters. The summed E-state index contributed by atoms with van der Waals surface area (Å²) < 4.78 is 21.9. The van der Waals surface area contributed by atoms with E-state index in [-0.39, 0.29) is 13.2 Å². The van der Waals surface area contributed by atoms with Crippen molar-refractivity contribution in [3.63, 3.8) is 0 Å². The second-order valence-electron chi connectivity index (χ2n) is 6.53. The van der Waals surface area contributed by atoms with Gasteiger partial charge in [0, 0.05) is 14.2 Å². The highest BCUT2D eigenvalue weighted by Gasteiger charge is 2.33. The molecule has 6 heteroatoms. The maximum Gasteiger partial charge on any atom is 0.111 e. The predicted molar refractivity (Wildman–Crippen MR) is 106 cm³/mol. The first-order chi connectivity index (χ1) is 13.7. The van der Waals surface area contributed by atoms with Crippen LogP contribution in [-0.4, -0.2) is 62.1 Å². The lowest BCUT2D eigenvalue weighted by Gasteiger charge is -2.30. The van der Waals surface area contributed by atoms with Gasteiger partial charge in [-0.1, -0.05) is 60.7 Å². The Hall–Kier alpha value is -1.80. The van der Waals surface area contributed by atoms with Crippen molar-refractivity contribution < 1.29 is 29.2 Å². The van der Waals surface area contributed by atoms with Gasteiger partial charge in [-0.15, -0.1) is 0 Å². The molecule has 0 heterocycles. The van der Waals surface area contributed by atoms with Crippen molar-refractivity contribution in [3.8, 4) is 0 Å².